The molecule has 208 valence electrons. The number of nitrogens with zero attached hydrogens (tertiary/aromatic N) is 6. The summed E-state index contributed by atoms with van der Waals surface area (Å²) in [6.45, 7) is 8.19. The number of hydrogen-bond acceptors (Lipinski definition) is 6. The van der Waals surface area contributed by atoms with Crippen LogP contribution in [-0.2, 0) is 11.3 Å². The van der Waals surface area contributed by atoms with Gasteiger partial charge in [-0.25, -0.2) is 4.98 Å². The summed E-state index contributed by atoms with van der Waals surface area (Å²) in [6, 6.07) is 24.2. The van der Waals surface area contributed by atoms with Crippen molar-refractivity contribution in [2.75, 3.05) is 25.4 Å². The summed E-state index contributed by atoms with van der Waals surface area (Å²) in [7, 11) is 0. The standard InChI is InChI=1S/C32H32N6O2S/c1-21-13-14-27-26(17-21)29-30(38(27)19-24-10-5-4-6-11-24)33-32(35-34-29)41-20-28(39)36-15-16-37(23(3)18-36)31(40)25-12-8-7-9-22(25)2/h4-14,17,23H,15-16,18-20H2,1-3H3. The van der Waals surface area contributed by atoms with Gasteiger partial charge in [-0.3, -0.25) is 9.59 Å². The molecule has 1 unspecified atom stereocenters. The van der Waals surface area contributed by atoms with E-state index in [1.807, 2.05) is 66.1 Å². The minimum absolute atomic E-state index is 0.00833. The third kappa shape index (κ3) is 5.41. The first-order valence-electron chi connectivity index (χ1n) is 13.8. The molecule has 0 aliphatic carbocycles. The fourth-order valence-corrected chi connectivity index (χ4v) is 6.20. The Morgan fingerprint density at radius 2 is 1.73 bits per heavy atom. The second-order valence-electron chi connectivity index (χ2n) is 10.6. The quantitative estimate of drug-likeness (QED) is 0.267. The summed E-state index contributed by atoms with van der Waals surface area (Å²) in [5.74, 6) is 0.240. The van der Waals surface area contributed by atoms with Crippen molar-refractivity contribution in [2.45, 2.75) is 38.5 Å². The fraction of sp³-hybridized carbons (Fsp3) is 0.281. The van der Waals surface area contributed by atoms with E-state index in [1.54, 1.807) is 0 Å². The van der Waals surface area contributed by atoms with Crippen LogP contribution in [0.5, 0.6) is 0 Å². The number of piperazine rings is 1. The van der Waals surface area contributed by atoms with Crippen LogP contribution in [0.2, 0.25) is 0 Å². The van der Waals surface area contributed by atoms with Gasteiger partial charge >= 0.3 is 0 Å². The van der Waals surface area contributed by atoms with Gasteiger partial charge in [-0.1, -0.05) is 71.9 Å². The van der Waals surface area contributed by atoms with Crippen LogP contribution in [0.1, 0.15) is 34.0 Å². The smallest absolute Gasteiger partial charge is 0.254 e. The van der Waals surface area contributed by atoms with Gasteiger partial charge in [0.05, 0.1) is 11.3 Å². The van der Waals surface area contributed by atoms with Crippen LogP contribution in [0.3, 0.4) is 0 Å². The number of carbonyl (C=O) groups is 2. The molecule has 1 aliphatic rings. The molecule has 1 fully saturated rings. The lowest BCUT2D eigenvalue weighted by atomic mass is 10.1. The predicted octanol–water partition coefficient (Wildman–Crippen LogP) is 5.11. The molecule has 8 nitrogen and oxygen atoms in total. The van der Waals surface area contributed by atoms with Crippen molar-refractivity contribution in [2.24, 2.45) is 0 Å². The van der Waals surface area contributed by atoms with Crippen molar-refractivity contribution in [3.8, 4) is 0 Å². The van der Waals surface area contributed by atoms with Crippen LogP contribution in [0.15, 0.2) is 78.0 Å². The molecular formula is C32H32N6O2S. The van der Waals surface area contributed by atoms with Crippen LogP contribution < -0.4 is 0 Å². The third-order valence-electron chi connectivity index (χ3n) is 7.73. The molecule has 0 saturated carbocycles. The van der Waals surface area contributed by atoms with Crippen molar-refractivity contribution < 1.29 is 9.59 Å². The zero-order valence-corrected chi connectivity index (χ0v) is 24.3. The SMILES string of the molecule is Cc1ccc2c(c1)c1nnc(SCC(=O)N3CCN(C(=O)c4ccccc4C)C(C)C3)nc1n2Cc1ccccc1. The highest BCUT2D eigenvalue weighted by molar-refractivity contribution is 7.99. The average Bonchev–Trinajstić information content (AvgIpc) is 3.28. The first-order valence-corrected chi connectivity index (χ1v) is 14.8. The number of carbonyl (C=O) groups excluding carboxylic acids is 2. The van der Waals surface area contributed by atoms with E-state index in [2.05, 4.69) is 52.0 Å². The van der Waals surface area contributed by atoms with Crippen LogP contribution in [0.25, 0.3) is 22.1 Å². The Bertz CT molecular complexity index is 1750. The Labute approximate surface area is 243 Å². The molecule has 6 rings (SSSR count). The highest BCUT2D eigenvalue weighted by Gasteiger charge is 2.31. The maximum atomic E-state index is 13.2. The molecule has 2 aromatic heterocycles. The lowest BCUT2D eigenvalue weighted by Gasteiger charge is -2.40. The Morgan fingerprint density at radius 3 is 2.51 bits per heavy atom. The summed E-state index contributed by atoms with van der Waals surface area (Å²) in [4.78, 5) is 34.9. The van der Waals surface area contributed by atoms with Crippen molar-refractivity contribution in [3.05, 3.63) is 95.1 Å². The Morgan fingerprint density at radius 1 is 0.951 bits per heavy atom. The Kier molecular flexibility index (Phi) is 7.45. The molecule has 0 spiro atoms. The van der Waals surface area contributed by atoms with E-state index < -0.39 is 0 Å². The molecule has 3 aromatic carbocycles. The van der Waals surface area contributed by atoms with Crippen LogP contribution in [0.4, 0.5) is 0 Å². The van der Waals surface area contributed by atoms with Gasteiger partial charge in [0.2, 0.25) is 11.1 Å². The molecule has 5 aromatic rings. The molecule has 3 heterocycles. The summed E-state index contributed by atoms with van der Waals surface area (Å²) < 4.78 is 2.17. The van der Waals surface area contributed by atoms with E-state index in [1.165, 1.54) is 17.3 Å². The zero-order chi connectivity index (χ0) is 28.5. The molecule has 0 radical (unpaired) electrons. The molecule has 1 saturated heterocycles. The second kappa shape index (κ2) is 11.3. The maximum absolute atomic E-state index is 13.2. The highest BCUT2D eigenvalue weighted by atomic mass is 32.2. The molecule has 9 heteroatoms. The number of aromatic nitrogens is 4. The molecule has 1 atom stereocenters. The lowest BCUT2D eigenvalue weighted by molar-refractivity contribution is -0.130. The predicted molar refractivity (Wildman–Crippen MR) is 162 cm³/mol. The Balaban J connectivity index is 1.17. The molecule has 41 heavy (non-hydrogen) atoms. The van der Waals surface area contributed by atoms with Gasteiger partial charge in [0.15, 0.2) is 5.65 Å². The number of fused-ring (bicyclic) bond motifs is 3. The normalized spacial score (nSPS) is 15.5. The monoisotopic (exact) mass is 564 g/mol. The largest absolute Gasteiger partial charge is 0.338 e. The second-order valence-corrected chi connectivity index (χ2v) is 11.6. The molecule has 0 bridgehead atoms. The van der Waals surface area contributed by atoms with Crippen molar-refractivity contribution >= 4 is 45.6 Å². The van der Waals surface area contributed by atoms with Crippen LogP contribution in [0, 0.1) is 13.8 Å². The minimum Gasteiger partial charge on any atom is -0.338 e. The number of hydrogen-bond donors (Lipinski definition) is 0. The van der Waals surface area contributed by atoms with E-state index >= 15 is 0 Å². The minimum atomic E-state index is -0.0729. The van der Waals surface area contributed by atoms with Crippen LogP contribution in [-0.4, -0.2) is 72.8 Å². The number of thioether (sulfide) groups is 1. The molecular weight excluding hydrogens is 532 g/mol. The van der Waals surface area contributed by atoms with Crippen LogP contribution >= 0.6 is 11.8 Å². The van der Waals surface area contributed by atoms with Gasteiger partial charge < -0.3 is 14.4 Å². The van der Waals surface area contributed by atoms with E-state index in [4.69, 9.17) is 4.98 Å². The first kappa shape index (κ1) is 27.0. The van der Waals surface area contributed by atoms with E-state index in [0.717, 1.165) is 38.8 Å². The van der Waals surface area contributed by atoms with Gasteiger partial charge in [-0.05, 0) is 50.1 Å². The topological polar surface area (TPSA) is 84.2 Å². The third-order valence-corrected chi connectivity index (χ3v) is 8.55. The fourth-order valence-electron chi connectivity index (χ4n) is 5.51. The summed E-state index contributed by atoms with van der Waals surface area (Å²) in [6.07, 6.45) is 0. The van der Waals surface area contributed by atoms with E-state index in [9.17, 15) is 9.59 Å². The summed E-state index contributed by atoms with van der Waals surface area (Å²) in [5, 5.41) is 10.4. The number of amides is 2. The van der Waals surface area contributed by atoms with Crippen molar-refractivity contribution in [1.29, 1.82) is 0 Å². The Hall–Kier alpha value is -4.24. The number of aryl methyl sites for hydroxylation is 2. The van der Waals surface area contributed by atoms with E-state index in [0.29, 0.717) is 31.3 Å². The molecule has 0 N–H and O–H groups in total. The highest BCUT2D eigenvalue weighted by Crippen LogP contribution is 2.29. The maximum Gasteiger partial charge on any atom is 0.254 e. The molecule has 1 aliphatic heterocycles. The summed E-state index contributed by atoms with van der Waals surface area (Å²) >= 11 is 1.30. The van der Waals surface area contributed by atoms with Gasteiger partial charge in [0.25, 0.3) is 5.91 Å². The van der Waals surface area contributed by atoms with Crippen molar-refractivity contribution in [1.82, 2.24) is 29.5 Å². The van der Waals surface area contributed by atoms with Crippen molar-refractivity contribution in [3.63, 3.8) is 0 Å². The number of rotatable bonds is 6. The number of benzene rings is 3. The van der Waals surface area contributed by atoms with Gasteiger partial charge in [0, 0.05) is 43.2 Å². The zero-order valence-electron chi connectivity index (χ0n) is 23.4. The van der Waals surface area contributed by atoms with Gasteiger partial charge in [-0.15, -0.1) is 10.2 Å². The molecule has 2 amide bonds. The van der Waals surface area contributed by atoms with Gasteiger partial charge in [0.1, 0.15) is 5.52 Å². The van der Waals surface area contributed by atoms with E-state index in [-0.39, 0.29) is 23.6 Å². The lowest BCUT2D eigenvalue weighted by Crippen LogP contribution is -2.55. The first-order chi connectivity index (χ1) is 19.9. The van der Waals surface area contributed by atoms with Gasteiger partial charge in [-0.2, -0.15) is 0 Å². The average molecular weight is 565 g/mol. The summed E-state index contributed by atoms with van der Waals surface area (Å²) in [5.41, 5.74) is 6.58.